The quantitative estimate of drug-likeness (QED) is 0.681. The maximum Gasteiger partial charge on any atom is 0.236 e. The van der Waals surface area contributed by atoms with E-state index in [1.54, 1.807) is 18.1 Å². The summed E-state index contributed by atoms with van der Waals surface area (Å²) in [4.78, 5) is 14.9. The third-order valence-electron chi connectivity index (χ3n) is 4.25. The molecule has 2 atom stereocenters. The van der Waals surface area contributed by atoms with Crippen LogP contribution in [-0.2, 0) is 11.3 Å². The van der Waals surface area contributed by atoms with E-state index >= 15 is 0 Å². The zero-order chi connectivity index (χ0) is 16.8. The smallest absolute Gasteiger partial charge is 0.236 e. The van der Waals surface area contributed by atoms with Gasteiger partial charge in [-0.05, 0) is 37.9 Å². The van der Waals surface area contributed by atoms with Crippen LogP contribution in [0.15, 0.2) is 6.33 Å². The van der Waals surface area contributed by atoms with Crippen LogP contribution in [0.5, 0.6) is 0 Å². The van der Waals surface area contributed by atoms with Crippen molar-refractivity contribution in [1.82, 2.24) is 19.7 Å². The molecule has 0 saturated carbocycles. The van der Waals surface area contributed by atoms with Crippen LogP contribution in [-0.4, -0.2) is 43.1 Å². The molecule has 0 aromatic carbocycles. The van der Waals surface area contributed by atoms with Gasteiger partial charge in [0, 0.05) is 13.1 Å². The van der Waals surface area contributed by atoms with Gasteiger partial charge in [0.15, 0.2) is 5.82 Å². The molecule has 0 radical (unpaired) electrons. The Bertz CT molecular complexity index is 503. The van der Waals surface area contributed by atoms with Crippen LogP contribution in [0.4, 0.5) is 0 Å². The molecule has 1 aromatic rings. The van der Waals surface area contributed by atoms with Gasteiger partial charge in [0.1, 0.15) is 6.33 Å². The van der Waals surface area contributed by atoms with Gasteiger partial charge in [-0.1, -0.05) is 27.2 Å². The van der Waals surface area contributed by atoms with Crippen molar-refractivity contribution in [3.63, 3.8) is 0 Å². The average Bonchev–Trinajstić information content (AvgIpc) is 3.14. The lowest BCUT2D eigenvalue weighted by molar-refractivity contribution is -0.131. The third kappa shape index (κ3) is 4.72. The first kappa shape index (κ1) is 18.3. The van der Waals surface area contributed by atoms with Crippen LogP contribution < -0.4 is 0 Å². The van der Waals surface area contributed by atoms with Crippen molar-refractivity contribution >= 4 is 17.7 Å². The summed E-state index contributed by atoms with van der Waals surface area (Å²) in [6.45, 7) is 10.3. The van der Waals surface area contributed by atoms with E-state index in [-0.39, 0.29) is 17.2 Å². The van der Waals surface area contributed by atoms with E-state index in [0.717, 1.165) is 37.5 Å². The molecule has 1 aliphatic rings. The predicted octanol–water partition coefficient (Wildman–Crippen LogP) is 3.52. The molecule has 1 saturated heterocycles. The molecule has 0 unspecified atom stereocenters. The number of rotatable bonds is 8. The number of amides is 1. The molecule has 1 fully saturated rings. The first-order chi connectivity index (χ1) is 11.0. The number of aromatic nitrogens is 3. The fourth-order valence-electron chi connectivity index (χ4n) is 3.06. The SMILES string of the molecule is CCCCS[C@@H](C)C(=O)N1CCC[C@@H]1c1nncn1CC(C)C. The third-order valence-corrected chi connectivity index (χ3v) is 5.48. The lowest BCUT2D eigenvalue weighted by Gasteiger charge is -2.27. The zero-order valence-corrected chi connectivity index (χ0v) is 15.7. The van der Waals surface area contributed by atoms with Gasteiger partial charge < -0.3 is 9.47 Å². The van der Waals surface area contributed by atoms with Crippen LogP contribution in [0, 0.1) is 5.92 Å². The molecule has 2 heterocycles. The Balaban J connectivity index is 2.05. The summed E-state index contributed by atoms with van der Waals surface area (Å²) < 4.78 is 2.12. The fourth-order valence-corrected chi connectivity index (χ4v) is 4.15. The number of hydrogen-bond acceptors (Lipinski definition) is 4. The number of unbranched alkanes of at least 4 members (excludes halogenated alkanes) is 1. The molecule has 0 spiro atoms. The highest BCUT2D eigenvalue weighted by atomic mass is 32.2. The van der Waals surface area contributed by atoms with Crippen molar-refractivity contribution in [2.75, 3.05) is 12.3 Å². The van der Waals surface area contributed by atoms with Crippen LogP contribution in [0.25, 0.3) is 0 Å². The molecule has 1 aliphatic heterocycles. The standard InChI is InChI=1S/C17H30N4OS/c1-5-6-10-23-14(4)17(22)21-9-7-8-15(21)16-19-18-12-20(16)11-13(2)3/h12-15H,5-11H2,1-4H3/t14-,15+/m0/s1. The summed E-state index contributed by atoms with van der Waals surface area (Å²) in [7, 11) is 0. The van der Waals surface area contributed by atoms with Gasteiger partial charge in [0.25, 0.3) is 0 Å². The normalized spacial score (nSPS) is 19.5. The van der Waals surface area contributed by atoms with Gasteiger partial charge in [0.05, 0.1) is 11.3 Å². The Morgan fingerprint density at radius 1 is 1.43 bits per heavy atom. The van der Waals surface area contributed by atoms with Crippen LogP contribution in [0.2, 0.25) is 0 Å². The molecule has 5 nitrogen and oxygen atoms in total. The monoisotopic (exact) mass is 338 g/mol. The number of likely N-dealkylation sites (tertiary alicyclic amines) is 1. The van der Waals surface area contributed by atoms with E-state index < -0.39 is 0 Å². The van der Waals surface area contributed by atoms with E-state index in [1.807, 2.05) is 11.8 Å². The molecule has 0 N–H and O–H groups in total. The lowest BCUT2D eigenvalue weighted by atomic mass is 10.1. The number of nitrogens with zero attached hydrogens (tertiary/aromatic N) is 4. The zero-order valence-electron chi connectivity index (χ0n) is 14.9. The number of hydrogen-bond donors (Lipinski definition) is 0. The van der Waals surface area contributed by atoms with Gasteiger partial charge in [-0.3, -0.25) is 4.79 Å². The Morgan fingerprint density at radius 2 is 2.22 bits per heavy atom. The molecule has 1 amide bonds. The van der Waals surface area contributed by atoms with Gasteiger partial charge in [-0.15, -0.1) is 22.0 Å². The second kappa shape index (κ2) is 8.71. The van der Waals surface area contributed by atoms with Crippen molar-refractivity contribution in [1.29, 1.82) is 0 Å². The summed E-state index contributed by atoms with van der Waals surface area (Å²) in [5.74, 6) is 2.81. The number of thioether (sulfide) groups is 1. The molecule has 6 heteroatoms. The number of carbonyl (C=O) groups is 1. The maximum atomic E-state index is 12.8. The Morgan fingerprint density at radius 3 is 2.91 bits per heavy atom. The van der Waals surface area contributed by atoms with Crippen molar-refractivity contribution in [3.05, 3.63) is 12.2 Å². The minimum absolute atomic E-state index is 0.0311. The first-order valence-electron chi connectivity index (χ1n) is 8.84. The predicted molar refractivity (Wildman–Crippen MR) is 95.4 cm³/mol. The minimum atomic E-state index is 0.0311. The second-order valence-electron chi connectivity index (χ2n) is 6.79. The molecule has 23 heavy (non-hydrogen) atoms. The second-order valence-corrected chi connectivity index (χ2v) is 8.24. The summed E-state index contributed by atoms with van der Waals surface area (Å²) >= 11 is 1.78. The van der Waals surface area contributed by atoms with Crippen molar-refractivity contribution < 1.29 is 4.79 Å². The summed E-state index contributed by atoms with van der Waals surface area (Å²) in [6, 6.07) is 0.0953. The molecular formula is C17H30N4OS. The highest BCUT2D eigenvalue weighted by molar-refractivity contribution is 8.00. The Kier molecular flexibility index (Phi) is 6.93. The molecule has 130 valence electrons. The van der Waals surface area contributed by atoms with Gasteiger partial charge in [-0.2, -0.15) is 0 Å². The highest BCUT2D eigenvalue weighted by Gasteiger charge is 2.35. The van der Waals surface area contributed by atoms with E-state index in [0.29, 0.717) is 5.92 Å². The first-order valence-corrected chi connectivity index (χ1v) is 9.89. The van der Waals surface area contributed by atoms with E-state index in [1.165, 1.54) is 12.8 Å². The van der Waals surface area contributed by atoms with Crippen molar-refractivity contribution in [3.8, 4) is 0 Å². The van der Waals surface area contributed by atoms with Gasteiger partial charge >= 0.3 is 0 Å². The fraction of sp³-hybridized carbons (Fsp3) is 0.824. The molecule has 0 aliphatic carbocycles. The van der Waals surface area contributed by atoms with E-state index in [2.05, 4.69) is 35.5 Å². The topological polar surface area (TPSA) is 51.0 Å². The summed E-state index contributed by atoms with van der Waals surface area (Å²) in [5, 5.41) is 8.45. The lowest BCUT2D eigenvalue weighted by Crippen LogP contribution is -2.37. The number of carbonyl (C=O) groups excluding carboxylic acids is 1. The Labute approximate surface area is 144 Å². The van der Waals surface area contributed by atoms with E-state index in [9.17, 15) is 4.79 Å². The maximum absolute atomic E-state index is 12.8. The van der Waals surface area contributed by atoms with Crippen LogP contribution in [0.1, 0.15) is 65.2 Å². The van der Waals surface area contributed by atoms with Crippen LogP contribution >= 0.6 is 11.8 Å². The minimum Gasteiger partial charge on any atom is -0.331 e. The van der Waals surface area contributed by atoms with Crippen molar-refractivity contribution in [2.45, 2.75) is 71.2 Å². The molecule has 0 bridgehead atoms. The summed E-state index contributed by atoms with van der Waals surface area (Å²) in [6.07, 6.45) is 6.20. The highest BCUT2D eigenvalue weighted by Crippen LogP contribution is 2.33. The van der Waals surface area contributed by atoms with Crippen molar-refractivity contribution in [2.24, 2.45) is 5.92 Å². The van der Waals surface area contributed by atoms with Crippen LogP contribution in [0.3, 0.4) is 0 Å². The average molecular weight is 339 g/mol. The molecule has 1 aromatic heterocycles. The largest absolute Gasteiger partial charge is 0.331 e. The molecule has 2 rings (SSSR count). The van der Waals surface area contributed by atoms with Gasteiger partial charge in [0.2, 0.25) is 5.91 Å². The Hall–Kier alpha value is -1.04. The molecular weight excluding hydrogens is 308 g/mol. The van der Waals surface area contributed by atoms with E-state index in [4.69, 9.17) is 0 Å². The van der Waals surface area contributed by atoms with Gasteiger partial charge in [-0.25, -0.2) is 0 Å². The summed E-state index contributed by atoms with van der Waals surface area (Å²) in [5.41, 5.74) is 0.